The van der Waals surface area contributed by atoms with E-state index in [1.807, 2.05) is 60.7 Å². The number of aromatic nitrogens is 1. The number of benzene rings is 2. The molecule has 1 aliphatic rings. The first kappa shape index (κ1) is 15.8. The fraction of sp³-hybridized carbons (Fsp3) is 0. The molecule has 4 nitrogen and oxygen atoms in total. The van der Waals surface area contributed by atoms with Crippen molar-refractivity contribution >= 4 is 45.6 Å². The van der Waals surface area contributed by atoms with Crippen molar-refractivity contribution in [2.45, 2.75) is 0 Å². The molecule has 0 spiro atoms. The number of carbonyl (C=O) groups is 1. The molecule has 0 saturated heterocycles. The van der Waals surface area contributed by atoms with Crippen molar-refractivity contribution < 1.29 is 4.79 Å². The van der Waals surface area contributed by atoms with Gasteiger partial charge in [-0.25, -0.2) is 4.98 Å². The number of pyridine rings is 1. The Hall–Kier alpha value is -2.67. The first-order valence-corrected chi connectivity index (χ1v) is 8.88. The molecule has 0 bridgehead atoms. The molecule has 0 radical (unpaired) electrons. The van der Waals surface area contributed by atoms with E-state index < -0.39 is 0 Å². The van der Waals surface area contributed by atoms with Crippen molar-refractivity contribution in [3.8, 4) is 11.1 Å². The summed E-state index contributed by atoms with van der Waals surface area (Å²) in [4.78, 5) is 16.7. The molecule has 0 saturated carbocycles. The minimum absolute atomic E-state index is 0.147. The SMILES string of the molecule is O=C1Nc2ncc(-c3ccccc3)cc2C1=CNc1ccc(I)cc1. The summed E-state index contributed by atoms with van der Waals surface area (Å²) in [5.74, 6) is 0.450. The second-order valence-corrected chi connectivity index (χ2v) is 6.90. The molecule has 2 N–H and O–H groups in total. The highest BCUT2D eigenvalue weighted by Gasteiger charge is 2.25. The average molecular weight is 439 g/mol. The van der Waals surface area contributed by atoms with Crippen LogP contribution in [0.2, 0.25) is 0 Å². The molecular weight excluding hydrogens is 425 g/mol. The number of nitrogens with one attached hydrogen (secondary N) is 2. The zero-order valence-corrected chi connectivity index (χ0v) is 15.3. The van der Waals surface area contributed by atoms with Crippen LogP contribution in [0.25, 0.3) is 16.7 Å². The smallest absolute Gasteiger partial charge is 0.259 e. The van der Waals surface area contributed by atoms with Gasteiger partial charge < -0.3 is 10.6 Å². The lowest BCUT2D eigenvalue weighted by Gasteiger charge is -2.05. The van der Waals surface area contributed by atoms with Crippen LogP contribution in [0.1, 0.15) is 5.56 Å². The summed E-state index contributed by atoms with van der Waals surface area (Å²) in [6.07, 6.45) is 3.52. The van der Waals surface area contributed by atoms with Gasteiger partial charge in [-0.05, 0) is 58.5 Å². The summed E-state index contributed by atoms with van der Waals surface area (Å²) in [6.45, 7) is 0. The summed E-state index contributed by atoms with van der Waals surface area (Å²) in [5.41, 5.74) is 4.38. The Labute approximate surface area is 159 Å². The van der Waals surface area contributed by atoms with E-state index >= 15 is 0 Å². The maximum absolute atomic E-state index is 12.3. The first-order chi connectivity index (χ1) is 12.2. The van der Waals surface area contributed by atoms with Crippen molar-refractivity contribution in [1.29, 1.82) is 0 Å². The molecular formula is C20H14IN3O. The molecule has 2 heterocycles. The predicted molar refractivity (Wildman–Crippen MR) is 109 cm³/mol. The number of nitrogens with zero attached hydrogens (tertiary/aromatic N) is 1. The van der Waals surface area contributed by atoms with Gasteiger partial charge in [-0.3, -0.25) is 4.79 Å². The molecule has 2 aromatic carbocycles. The first-order valence-electron chi connectivity index (χ1n) is 7.80. The van der Waals surface area contributed by atoms with Crippen LogP contribution in [0.4, 0.5) is 11.5 Å². The van der Waals surface area contributed by atoms with Gasteiger partial charge in [0, 0.05) is 32.8 Å². The van der Waals surface area contributed by atoms with Gasteiger partial charge in [0.25, 0.3) is 5.91 Å². The number of carbonyl (C=O) groups excluding carboxylic acids is 1. The molecule has 0 fully saturated rings. The highest BCUT2D eigenvalue weighted by Crippen LogP contribution is 2.33. The quantitative estimate of drug-likeness (QED) is 0.457. The van der Waals surface area contributed by atoms with E-state index in [2.05, 4.69) is 38.2 Å². The van der Waals surface area contributed by atoms with Gasteiger partial charge in [0.1, 0.15) is 5.82 Å². The number of halogens is 1. The number of amides is 1. The predicted octanol–water partition coefficient (Wildman–Crippen LogP) is 4.76. The highest BCUT2D eigenvalue weighted by molar-refractivity contribution is 14.1. The van der Waals surface area contributed by atoms with Gasteiger partial charge in [-0.2, -0.15) is 0 Å². The standard InChI is InChI=1S/C20H14IN3O/c21-15-6-8-16(9-7-15)22-12-18-17-10-14(13-4-2-1-3-5-13)11-23-19(17)24-20(18)25/h1-12,22H,(H,23,24,25). The lowest BCUT2D eigenvalue weighted by Crippen LogP contribution is -2.05. The lowest BCUT2D eigenvalue weighted by molar-refractivity contribution is -0.110. The molecule has 25 heavy (non-hydrogen) atoms. The van der Waals surface area contributed by atoms with E-state index in [9.17, 15) is 4.79 Å². The largest absolute Gasteiger partial charge is 0.361 e. The Morgan fingerprint density at radius 1 is 1.00 bits per heavy atom. The average Bonchev–Trinajstić information content (AvgIpc) is 2.96. The molecule has 1 aromatic heterocycles. The number of rotatable bonds is 3. The fourth-order valence-corrected chi connectivity index (χ4v) is 3.06. The molecule has 5 heteroatoms. The van der Waals surface area contributed by atoms with Crippen LogP contribution in [-0.4, -0.2) is 10.9 Å². The molecule has 0 aliphatic carbocycles. The van der Waals surface area contributed by atoms with Crippen LogP contribution < -0.4 is 10.6 Å². The van der Waals surface area contributed by atoms with E-state index in [1.165, 1.54) is 0 Å². The van der Waals surface area contributed by atoms with Crippen LogP contribution in [0.3, 0.4) is 0 Å². The normalized spacial score (nSPS) is 14.3. The topological polar surface area (TPSA) is 54.0 Å². The summed E-state index contributed by atoms with van der Waals surface area (Å²) in [5, 5.41) is 6.00. The van der Waals surface area contributed by atoms with Crippen LogP contribution in [0.5, 0.6) is 0 Å². The third-order valence-corrected chi connectivity index (χ3v) is 4.71. The second kappa shape index (κ2) is 6.68. The maximum atomic E-state index is 12.3. The third-order valence-electron chi connectivity index (χ3n) is 3.99. The second-order valence-electron chi connectivity index (χ2n) is 5.65. The number of anilines is 2. The number of hydrogen-bond acceptors (Lipinski definition) is 3. The van der Waals surface area contributed by atoms with E-state index in [-0.39, 0.29) is 5.91 Å². The number of fused-ring (bicyclic) bond motifs is 1. The van der Waals surface area contributed by atoms with E-state index in [4.69, 9.17) is 0 Å². The van der Waals surface area contributed by atoms with Crippen molar-refractivity contribution in [2.24, 2.45) is 0 Å². The third kappa shape index (κ3) is 3.28. The van der Waals surface area contributed by atoms with E-state index in [0.29, 0.717) is 11.4 Å². The Balaban J connectivity index is 1.68. The molecule has 1 aliphatic heterocycles. The van der Waals surface area contributed by atoms with Gasteiger partial charge in [0.05, 0.1) is 5.57 Å². The summed E-state index contributed by atoms with van der Waals surface area (Å²) in [7, 11) is 0. The minimum atomic E-state index is -0.147. The summed E-state index contributed by atoms with van der Waals surface area (Å²) < 4.78 is 1.16. The Morgan fingerprint density at radius 2 is 1.76 bits per heavy atom. The van der Waals surface area contributed by atoms with E-state index in [1.54, 1.807) is 12.4 Å². The Bertz CT molecular complexity index is 966. The van der Waals surface area contributed by atoms with Crippen molar-refractivity contribution in [1.82, 2.24) is 4.98 Å². The fourth-order valence-electron chi connectivity index (χ4n) is 2.70. The van der Waals surface area contributed by atoms with Crippen LogP contribution in [0, 0.1) is 3.57 Å². The summed E-state index contributed by atoms with van der Waals surface area (Å²) in [6, 6.07) is 20.0. The van der Waals surface area contributed by atoms with Crippen molar-refractivity contribution in [3.63, 3.8) is 0 Å². The zero-order chi connectivity index (χ0) is 17.2. The summed E-state index contributed by atoms with van der Waals surface area (Å²) >= 11 is 2.26. The molecule has 1 amide bonds. The van der Waals surface area contributed by atoms with Gasteiger partial charge in [0.2, 0.25) is 0 Å². The Kier molecular flexibility index (Phi) is 4.23. The van der Waals surface area contributed by atoms with Crippen LogP contribution in [0.15, 0.2) is 73.1 Å². The Morgan fingerprint density at radius 3 is 2.52 bits per heavy atom. The van der Waals surface area contributed by atoms with Crippen molar-refractivity contribution in [3.05, 3.63) is 82.2 Å². The monoisotopic (exact) mass is 439 g/mol. The van der Waals surface area contributed by atoms with E-state index in [0.717, 1.165) is 25.9 Å². The van der Waals surface area contributed by atoms with Gasteiger partial charge >= 0.3 is 0 Å². The molecule has 3 aromatic rings. The molecule has 4 rings (SSSR count). The highest BCUT2D eigenvalue weighted by atomic mass is 127. The maximum Gasteiger partial charge on any atom is 0.259 e. The minimum Gasteiger partial charge on any atom is -0.361 e. The van der Waals surface area contributed by atoms with Crippen LogP contribution >= 0.6 is 22.6 Å². The lowest BCUT2D eigenvalue weighted by atomic mass is 10.0. The van der Waals surface area contributed by atoms with Crippen molar-refractivity contribution in [2.75, 3.05) is 10.6 Å². The molecule has 122 valence electrons. The van der Waals surface area contributed by atoms with Gasteiger partial charge in [-0.15, -0.1) is 0 Å². The van der Waals surface area contributed by atoms with Crippen LogP contribution in [-0.2, 0) is 4.79 Å². The van der Waals surface area contributed by atoms with Gasteiger partial charge in [0.15, 0.2) is 0 Å². The molecule has 0 unspecified atom stereocenters. The van der Waals surface area contributed by atoms with Gasteiger partial charge in [-0.1, -0.05) is 30.3 Å². The molecule has 0 atom stereocenters. The number of hydrogen-bond donors (Lipinski definition) is 2. The zero-order valence-electron chi connectivity index (χ0n) is 13.2.